The van der Waals surface area contributed by atoms with Crippen LogP contribution in [0.5, 0.6) is 0 Å². The Morgan fingerprint density at radius 3 is 2.00 bits per heavy atom. The summed E-state index contributed by atoms with van der Waals surface area (Å²) < 4.78 is 0. The number of carboxylic acids is 1. The van der Waals surface area contributed by atoms with Gasteiger partial charge >= 0.3 is 5.97 Å². The predicted octanol–water partition coefficient (Wildman–Crippen LogP) is 1.39. The number of hydrogen-bond acceptors (Lipinski definition) is 3. The Morgan fingerprint density at radius 1 is 1.31 bits per heavy atom. The number of carboxylic acid groups (broad SMARTS) is 1. The highest BCUT2D eigenvalue weighted by molar-refractivity contribution is 6.39. The van der Waals surface area contributed by atoms with Gasteiger partial charge in [0.05, 0.1) is 6.08 Å². The summed E-state index contributed by atoms with van der Waals surface area (Å²) in [6, 6.07) is 0. The van der Waals surface area contributed by atoms with Crippen molar-refractivity contribution >= 4 is 29.2 Å². The summed E-state index contributed by atoms with van der Waals surface area (Å²) in [5.41, 5.74) is 0. The third kappa shape index (κ3) is 1.73. The molecule has 0 saturated carbocycles. The van der Waals surface area contributed by atoms with Crippen molar-refractivity contribution in [2.24, 2.45) is 0 Å². The first-order valence-corrected chi connectivity index (χ1v) is 4.18. The van der Waals surface area contributed by atoms with Gasteiger partial charge in [0.25, 0.3) is 0 Å². The minimum absolute atomic E-state index is 0.316. The van der Waals surface area contributed by atoms with E-state index < -0.39 is 5.97 Å². The number of carbonyl (C=O) groups is 1. The fourth-order valence-electron chi connectivity index (χ4n) is 1.01. The molecule has 0 bridgehead atoms. The molecular weight excluding hydrogens is 215 g/mol. The van der Waals surface area contributed by atoms with E-state index in [9.17, 15) is 4.79 Å². The van der Waals surface area contributed by atoms with Crippen LogP contribution in [0.3, 0.4) is 0 Å². The summed E-state index contributed by atoms with van der Waals surface area (Å²) in [6.07, 6.45) is 1.04. The molecular formula is C7H8Cl2N2O2. The SMILES string of the molecule is CN1C(=CC(=O)O)N(C)C(Cl)=C1Cl. The highest BCUT2D eigenvalue weighted by Gasteiger charge is 2.27. The number of hydrogen-bond donors (Lipinski definition) is 1. The summed E-state index contributed by atoms with van der Waals surface area (Å²) in [5.74, 6) is -0.605. The van der Waals surface area contributed by atoms with Crippen LogP contribution in [0.15, 0.2) is 22.2 Å². The topological polar surface area (TPSA) is 43.8 Å². The minimum atomic E-state index is -1.04. The fraction of sp³-hybridized carbons (Fsp3) is 0.286. The maximum absolute atomic E-state index is 10.4. The molecule has 0 aliphatic carbocycles. The lowest BCUT2D eigenvalue weighted by Crippen LogP contribution is -2.19. The second kappa shape index (κ2) is 3.47. The lowest BCUT2D eigenvalue weighted by Gasteiger charge is -2.17. The van der Waals surface area contributed by atoms with Crippen LogP contribution in [0.1, 0.15) is 0 Å². The van der Waals surface area contributed by atoms with Crippen LogP contribution in [-0.4, -0.2) is 35.0 Å². The average Bonchev–Trinajstić information content (AvgIpc) is 2.22. The molecule has 6 heteroatoms. The number of rotatable bonds is 1. The summed E-state index contributed by atoms with van der Waals surface area (Å²) in [6.45, 7) is 0. The van der Waals surface area contributed by atoms with Crippen molar-refractivity contribution in [3.8, 4) is 0 Å². The van der Waals surface area contributed by atoms with Gasteiger partial charge in [0.1, 0.15) is 16.1 Å². The van der Waals surface area contributed by atoms with Crippen molar-refractivity contribution in [1.82, 2.24) is 9.80 Å². The molecule has 0 aromatic rings. The van der Waals surface area contributed by atoms with E-state index >= 15 is 0 Å². The van der Waals surface area contributed by atoms with E-state index in [4.69, 9.17) is 28.3 Å². The largest absolute Gasteiger partial charge is 0.478 e. The molecule has 1 rings (SSSR count). The second-order valence-corrected chi connectivity index (χ2v) is 3.26. The summed E-state index contributed by atoms with van der Waals surface area (Å²) in [7, 11) is 3.28. The second-order valence-electron chi connectivity index (χ2n) is 2.54. The number of halogens is 2. The van der Waals surface area contributed by atoms with E-state index in [1.54, 1.807) is 14.1 Å². The van der Waals surface area contributed by atoms with Crippen LogP contribution in [0.4, 0.5) is 0 Å². The van der Waals surface area contributed by atoms with Gasteiger partial charge in [-0.1, -0.05) is 23.2 Å². The Hall–Kier alpha value is -0.870. The summed E-state index contributed by atoms with van der Waals surface area (Å²) >= 11 is 11.6. The van der Waals surface area contributed by atoms with Crippen molar-refractivity contribution < 1.29 is 9.90 Å². The summed E-state index contributed by atoms with van der Waals surface area (Å²) in [4.78, 5) is 13.4. The van der Waals surface area contributed by atoms with E-state index in [1.165, 1.54) is 9.80 Å². The summed E-state index contributed by atoms with van der Waals surface area (Å²) in [5, 5.41) is 9.18. The molecule has 1 N–H and O–H groups in total. The molecule has 0 aromatic heterocycles. The third-order valence-electron chi connectivity index (χ3n) is 1.70. The lowest BCUT2D eigenvalue weighted by molar-refractivity contribution is -0.131. The Labute approximate surface area is 85.6 Å². The predicted molar refractivity (Wildman–Crippen MR) is 50.0 cm³/mol. The maximum Gasteiger partial charge on any atom is 0.331 e. The molecule has 0 fully saturated rings. The van der Waals surface area contributed by atoms with Gasteiger partial charge < -0.3 is 14.9 Å². The van der Waals surface area contributed by atoms with Crippen molar-refractivity contribution in [2.45, 2.75) is 0 Å². The molecule has 0 aromatic carbocycles. The molecule has 13 heavy (non-hydrogen) atoms. The smallest absolute Gasteiger partial charge is 0.331 e. The molecule has 1 aliphatic heterocycles. The van der Waals surface area contributed by atoms with Crippen LogP contribution in [0.25, 0.3) is 0 Å². The first-order valence-electron chi connectivity index (χ1n) is 3.42. The zero-order valence-corrected chi connectivity index (χ0v) is 8.60. The van der Waals surface area contributed by atoms with E-state index in [1.807, 2.05) is 0 Å². The van der Waals surface area contributed by atoms with E-state index in [0.29, 0.717) is 16.1 Å². The van der Waals surface area contributed by atoms with Crippen LogP contribution in [-0.2, 0) is 4.79 Å². The van der Waals surface area contributed by atoms with Crippen LogP contribution < -0.4 is 0 Å². The minimum Gasteiger partial charge on any atom is -0.478 e. The van der Waals surface area contributed by atoms with Crippen LogP contribution in [0, 0.1) is 0 Å². The van der Waals surface area contributed by atoms with Crippen molar-refractivity contribution in [3.05, 3.63) is 22.2 Å². The van der Waals surface area contributed by atoms with Gasteiger partial charge in [-0.25, -0.2) is 4.79 Å². The normalized spacial score (nSPS) is 17.1. The van der Waals surface area contributed by atoms with Gasteiger partial charge in [-0.15, -0.1) is 0 Å². The molecule has 4 nitrogen and oxygen atoms in total. The van der Waals surface area contributed by atoms with E-state index in [2.05, 4.69) is 0 Å². The van der Waals surface area contributed by atoms with Crippen LogP contribution >= 0.6 is 23.2 Å². The average molecular weight is 223 g/mol. The highest BCUT2D eigenvalue weighted by atomic mass is 35.5. The molecule has 0 radical (unpaired) electrons. The van der Waals surface area contributed by atoms with Gasteiger partial charge in [-0.2, -0.15) is 0 Å². The van der Waals surface area contributed by atoms with Gasteiger partial charge in [0.2, 0.25) is 0 Å². The molecule has 1 aliphatic rings. The third-order valence-corrected chi connectivity index (χ3v) is 2.66. The van der Waals surface area contributed by atoms with E-state index in [0.717, 1.165) is 6.08 Å². The Kier molecular flexibility index (Phi) is 2.73. The molecule has 0 unspecified atom stereocenters. The Balaban J connectivity index is 3.03. The van der Waals surface area contributed by atoms with Crippen molar-refractivity contribution in [3.63, 3.8) is 0 Å². The number of aliphatic carboxylic acids is 1. The molecule has 72 valence electrons. The lowest BCUT2D eigenvalue weighted by atomic mass is 10.5. The molecule has 1 heterocycles. The Bertz CT molecular complexity index is 292. The molecule has 0 saturated heterocycles. The molecule has 0 spiro atoms. The fourth-order valence-corrected chi connectivity index (χ4v) is 1.43. The highest BCUT2D eigenvalue weighted by Crippen LogP contribution is 2.33. The number of nitrogens with zero attached hydrogens (tertiary/aromatic N) is 2. The van der Waals surface area contributed by atoms with Crippen LogP contribution in [0.2, 0.25) is 0 Å². The Morgan fingerprint density at radius 2 is 1.69 bits per heavy atom. The first kappa shape index (κ1) is 10.2. The van der Waals surface area contributed by atoms with Gasteiger partial charge in [0, 0.05) is 14.1 Å². The zero-order chi connectivity index (χ0) is 10.2. The maximum atomic E-state index is 10.4. The van der Waals surface area contributed by atoms with Gasteiger partial charge in [0.15, 0.2) is 0 Å². The quantitative estimate of drug-likeness (QED) is 0.539. The monoisotopic (exact) mass is 222 g/mol. The van der Waals surface area contributed by atoms with Gasteiger partial charge in [-0.3, -0.25) is 0 Å². The van der Waals surface area contributed by atoms with Gasteiger partial charge in [-0.05, 0) is 0 Å². The zero-order valence-electron chi connectivity index (χ0n) is 7.08. The molecule has 0 amide bonds. The standard InChI is InChI=1S/C7H8Cl2N2O2/c1-10-4(3-5(12)13)11(2)7(9)6(10)8/h3H,1-2H3,(H,12,13). The van der Waals surface area contributed by atoms with E-state index in [-0.39, 0.29) is 0 Å². The van der Waals surface area contributed by atoms with Crippen molar-refractivity contribution in [1.29, 1.82) is 0 Å². The molecule has 0 atom stereocenters. The first-order chi connectivity index (χ1) is 5.95. The van der Waals surface area contributed by atoms with Crippen molar-refractivity contribution in [2.75, 3.05) is 14.1 Å².